The second-order valence-electron chi connectivity index (χ2n) is 4.04. The van der Waals surface area contributed by atoms with Gasteiger partial charge in [-0.2, -0.15) is 0 Å². The number of sulfone groups is 1. The standard InChI is InChI=1S/C16H14O2S/c17-19(18,16-12-5-2-6-13-16)14-8-7-11-15-9-3-1-4-10-15/h1-7,9-10,12-14H,11H2. The topological polar surface area (TPSA) is 34.1 Å². The molecule has 19 heavy (non-hydrogen) atoms. The highest BCUT2D eigenvalue weighted by atomic mass is 32.2. The molecule has 0 spiro atoms. The summed E-state index contributed by atoms with van der Waals surface area (Å²) in [6, 6.07) is 18.2. The van der Waals surface area contributed by atoms with Gasteiger partial charge in [0.1, 0.15) is 0 Å². The van der Waals surface area contributed by atoms with Gasteiger partial charge >= 0.3 is 0 Å². The molecule has 2 aromatic carbocycles. The highest BCUT2D eigenvalue weighted by molar-refractivity contribution is 7.94. The monoisotopic (exact) mass is 270 g/mol. The molecule has 0 amide bonds. The fourth-order valence-corrected chi connectivity index (χ4v) is 2.55. The summed E-state index contributed by atoms with van der Waals surface area (Å²) in [6.45, 7) is 0. The van der Waals surface area contributed by atoms with E-state index >= 15 is 0 Å². The molecular formula is C16H14O2S. The average molecular weight is 270 g/mol. The molecule has 3 heteroatoms. The Labute approximate surface area is 113 Å². The predicted octanol–water partition coefficient (Wildman–Crippen LogP) is 3.37. The van der Waals surface area contributed by atoms with Gasteiger partial charge in [0.2, 0.25) is 9.84 Å². The smallest absolute Gasteiger partial charge is 0.207 e. The van der Waals surface area contributed by atoms with Crippen LogP contribution < -0.4 is 0 Å². The molecule has 0 aliphatic carbocycles. The molecule has 0 saturated heterocycles. The van der Waals surface area contributed by atoms with Crippen molar-refractivity contribution in [2.75, 3.05) is 0 Å². The Morgan fingerprint density at radius 2 is 1.47 bits per heavy atom. The van der Waals surface area contributed by atoms with Crippen LogP contribution in [-0.2, 0) is 16.3 Å². The zero-order chi connectivity index (χ0) is 13.6. The van der Waals surface area contributed by atoms with Crippen molar-refractivity contribution in [2.45, 2.75) is 11.3 Å². The highest BCUT2D eigenvalue weighted by Gasteiger charge is 2.07. The van der Waals surface area contributed by atoms with Crippen molar-refractivity contribution in [1.29, 1.82) is 0 Å². The normalized spacial score (nSPS) is 10.5. The van der Waals surface area contributed by atoms with Crippen molar-refractivity contribution in [3.8, 4) is 0 Å². The van der Waals surface area contributed by atoms with E-state index < -0.39 is 9.84 Å². The molecule has 0 aliphatic heterocycles. The van der Waals surface area contributed by atoms with Crippen molar-refractivity contribution < 1.29 is 8.42 Å². The van der Waals surface area contributed by atoms with E-state index in [1.54, 1.807) is 36.4 Å². The minimum atomic E-state index is -3.38. The molecule has 2 rings (SSSR count). The summed E-state index contributed by atoms with van der Waals surface area (Å²) in [5.74, 6) is 0. The molecule has 96 valence electrons. The number of rotatable bonds is 4. The Morgan fingerprint density at radius 3 is 2.11 bits per heavy atom. The molecular weight excluding hydrogens is 256 g/mol. The predicted molar refractivity (Wildman–Crippen MR) is 76.4 cm³/mol. The van der Waals surface area contributed by atoms with Crippen LogP contribution in [0.4, 0.5) is 0 Å². The summed E-state index contributed by atoms with van der Waals surface area (Å²) in [5.41, 5.74) is 3.86. The first-order valence-corrected chi connectivity index (χ1v) is 7.48. The lowest BCUT2D eigenvalue weighted by Crippen LogP contribution is -1.94. The molecule has 0 N–H and O–H groups in total. The van der Waals surface area contributed by atoms with E-state index in [0.717, 1.165) is 11.0 Å². The van der Waals surface area contributed by atoms with Crippen LogP contribution in [0, 0.1) is 0 Å². The highest BCUT2D eigenvalue weighted by Crippen LogP contribution is 2.10. The Morgan fingerprint density at radius 1 is 0.895 bits per heavy atom. The van der Waals surface area contributed by atoms with Crippen LogP contribution >= 0.6 is 0 Å². The molecule has 0 unspecified atom stereocenters. The van der Waals surface area contributed by atoms with E-state index in [9.17, 15) is 8.42 Å². The summed E-state index contributed by atoms with van der Waals surface area (Å²) in [6.07, 6.45) is 2.39. The summed E-state index contributed by atoms with van der Waals surface area (Å²) in [4.78, 5) is 0.288. The Bertz CT molecular complexity index is 680. The van der Waals surface area contributed by atoms with E-state index in [-0.39, 0.29) is 4.90 Å². The second kappa shape index (κ2) is 6.19. The van der Waals surface area contributed by atoms with Crippen molar-refractivity contribution >= 4 is 9.84 Å². The van der Waals surface area contributed by atoms with Crippen LogP contribution in [0.2, 0.25) is 0 Å². The van der Waals surface area contributed by atoms with E-state index in [2.05, 4.69) is 5.73 Å². The maximum atomic E-state index is 11.9. The van der Waals surface area contributed by atoms with Crippen molar-refractivity contribution in [3.63, 3.8) is 0 Å². The van der Waals surface area contributed by atoms with Gasteiger partial charge in [-0.15, -0.1) is 5.73 Å². The molecule has 0 aliphatic rings. The molecule has 0 fully saturated rings. The van der Waals surface area contributed by atoms with E-state index in [0.29, 0.717) is 6.42 Å². The molecule has 0 atom stereocenters. The Kier molecular flexibility index (Phi) is 4.35. The maximum Gasteiger partial charge on any atom is 0.207 e. The summed E-state index contributed by atoms with van der Waals surface area (Å²) < 4.78 is 23.8. The first-order chi connectivity index (χ1) is 9.18. The van der Waals surface area contributed by atoms with Gasteiger partial charge < -0.3 is 0 Å². The number of hydrogen-bond donors (Lipinski definition) is 0. The maximum absolute atomic E-state index is 11.9. The van der Waals surface area contributed by atoms with E-state index in [1.807, 2.05) is 30.3 Å². The zero-order valence-corrected chi connectivity index (χ0v) is 11.2. The second-order valence-corrected chi connectivity index (χ2v) is 5.83. The van der Waals surface area contributed by atoms with Gasteiger partial charge in [0.05, 0.1) is 10.3 Å². The van der Waals surface area contributed by atoms with E-state index in [4.69, 9.17) is 0 Å². The first-order valence-electron chi connectivity index (χ1n) is 5.93. The molecule has 0 saturated carbocycles. The zero-order valence-electron chi connectivity index (χ0n) is 10.4. The lowest BCUT2D eigenvalue weighted by molar-refractivity contribution is 0.604. The summed E-state index contributed by atoms with van der Waals surface area (Å²) in [5, 5.41) is 1.12. The van der Waals surface area contributed by atoms with Gasteiger partial charge in [-0.3, -0.25) is 0 Å². The fraction of sp³-hybridized carbons (Fsp3) is 0.0625. The lowest BCUT2D eigenvalue weighted by atomic mass is 10.1. The Hall–Kier alpha value is -2.09. The van der Waals surface area contributed by atoms with Gasteiger partial charge in [0.15, 0.2) is 0 Å². The number of benzene rings is 2. The van der Waals surface area contributed by atoms with Gasteiger partial charge in [-0.05, 0) is 30.2 Å². The molecule has 2 aromatic rings. The SMILES string of the molecule is O=S(=O)(C=C=CCc1ccccc1)c1ccccc1. The Balaban J connectivity index is 2.10. The van der Waals surface area contributed by atoms with Crippen LogP contribution in [0.15, 0.2) is 82.8 Å². The van der Waals surface area contributed by atoms with Crippen molar-refractivity contribution in [2.24, 2.45) is 0 Å². The number of hydrogen-bond acceptors (Lipinski definition) is 2. The van der Waals surface area contributed by atoms with Crippen LogP contribution in [0.25, 0.3) is 0 Å². The quantitative estimate of drug-likeness (QED) is 0.798. The van der Waals surface area contributed by atoms with Crippen LogP contribution in [0.3, 0.4) is 0 Å². The van der Waals surface area contributed by atoms with Crippen molar-refractivity contribution in [1.82, 2.24) is 0 Å². The molecule has 0 radical (unpaired) electrons. The molecule has 2 nitrogen and oxygen atoms in total. The minimum absolute atomic E-state index is 0.288. The third kappa shape index (κ3) is 3.95. The van der Waals surface area contributed by atoms with Crippen LogP contribution in [0.1, 0.15) is 5.56 Å². The molecule has 0 heterocycles. The van der Waals surface area contributed by atoms with Gasteiger partial charge in [0.25, 0.3) is 0 Å². The lowest BCUT2D eigenvalue weighted by Gasteiger charge is -1.95. The third-order valence-corrected chi connectivity index (χ3v) is 3.97. The largest absolute Gasteiger partial charge is 0.218 e. The van der Waals surface area contributed by atoms with Gasteiger partial charge in [0, 0.05) is 0 Å². The summed E-state index contributed by atoms with van der Waals surface area (Å²) >= 11 is 0. The van der Waals surface area contributed by atoms with Crippen LogP contribution in [0.5, 0.6) is 0 Å². The van der Waals surface area contributed by atoms with Crippen LogP contribution in [-0.4, -0.2) is 8.42 Å². The minimum Gasteiger partial charge on any atom is -0.218 e. The average Bonchev–Trinajstić information content (AvgIpc) is 2.46. The fourth-order valence-electron chi connectivity index (χ4n) is 1.61. The van der Waals surface area contributed by atoms with Crippen molar-refractivity contribution in [3.05, 3.63) is 83.4 Å². The molecule has 0 aromatic heterocycles. The van der Waals surface area contributed by atoms with E-state index in [1.165, 1.54) is 0 Å². The summed E-state index contributed by atoms with van der Waals surface area (Å²) in [7, 11) is -3.38. The first kappa shape index (κ1) is 13.3. The van der Waals surface area contributed by atoms with Gasteiger partial charge in [-0.25, -0.2) is 8.42 Å². The van der Waals surface area contributed by atoms with Gasteiger partial charge in [-0.1, -0.05) is 48.5 Å². The third-order valence-electron chi connectivity index (χ3n) is 2.59. The number of allylic oxidation sites excluding steroid dienone is 1. The molecule has 0 bridgehead atoms.